The van der Waals surface area contributed by atoms with Gasteiger partial charge in [0.05, 0.1) is 16.1 Å². The highest BCUT2D eigenvalue weighted by Crippen LogP contribution is 2.36. The van der Waals surface area contributed by atoms with Crippen LogP contribution >= 0.6 is 34.8 Å². The highest BCUT2D eigenvalue weighted by atomic mass is 35.5. The molecule has 4 nitrogen and oxygen atoms in total. The molecule has 7 heteroatoms. The van der Waals surface area contributed by atoms with Crippen LogP contribution < -0.4 is 9.47 Å². The lowest BCUT2D eigenvalue weighted by Gasteiger charge is -2.07. The summed E-state index contributed by atoms with van der Waals surface area (Å²) in [6.07, 6.45) is 1.49. The molecule has 0 radical (unpaired) electrons. The number of fused-ring (bicyclic) bond motifs is 1. The molecular formula is C22H11Cl3O4. The number of Topliss-reactive ketones (excluding diaryl/α,β-unsaturated/α-hetero) is 1. The Bertz CT molecular complexity index is 1160. The van der Waals surface area contributed by atoms with E-state index in [0.717, 1.165) is 0 Å². The molecule has 1 aliphatic rings. The smallest absolute Gasteiger partial charge is 0.345 e. The summed E-state index contributed by atoms with van der Waals surface area (Å²) in [4.78, 5) is 24.9. The highest BCUT2D eigenvalue weighted by molar-refractivity contribution is 6.37. The van der Waals surface area contributed by atoms with Crippen molar-refractivity contribution in [2.45, 2.75) is 0 Å². The van der Waals surface area contributed by atoms with E-state index in [9.17, 15) is 9.59 Å². The number of benzene rings is 3. The summed E-state index contributed by atoms with van der Waals surface area (Å²) in [5.41, 5.74) is 1.06. The first kappa shape index (κ1) is 19.5. The van der Waals surface area contributed by atoms with Gasteiger partial charge in [0.15, 0.2) is 5.76 Å². The van der Waals surface area contributed by atoms with E-state index in [-0.39, 0.29) is 33.6 Å². The third-order valence-corrected chi connectivity index (χ3v) is 5.21. The zero-order chi connectivity index (χ0) is 20.5. The van der Waals surface area contributed by atoms with Crippen LogP contribution in [0.4, 0.5) is 0 Å². The van der Waals surface area contributed by atoms with Gasteiger partial charge >= 0.3 is 5.97 Å². The molecule has 0 N–H and O–H groups in total. The quantitative estimate of drug-likeness (QED) is 0.263. The molecule has 0 saturated carbocycles. The van der Waals surface area contributed by atoms with Gasteiger partial charge in [-0.2, -0.15) is 0 Å². The molecule has 0 saturated heterocycles. The number of hydrogen-bond acceptors (Lipinski definition) is 4. The van der Waals surface area contributed by atoms with Gasteiger partial charge in [0.25, 0.3) is 0 Å². The van der Waals surface area contributed by atoms with Crippen LogP contribution in [0.1, 0.15) is 26.3 Å². The van der Waals surface area contributed by atoms with Gasteiger partial charge in [-0.25, -0.2) is 4.79 Å². The Morgan fingerprint density at radius 3 is 2.31 bits per heavy atom. The van der Waals surface area contributed by atoms with Crippen LogP contribution in [-0.2, 0) is 0 Å². The summed E-state index contributed by atoms with van der Waals surface area (Å²) in [6.45, 7) is 0. The molecule has 0 amide bonds. The third kappa shape index (κ3) is 3.87. The van der Waals surface area contributed by atoms with Gasteiger partial charge < -0.3 is 9.47 Å². The minimum atomic E-state index is -0.613. The maximum Gasteiger partial charge on any atom is 0.345 e. The largest absolute Gasteiger partial charge is 0.452 e. The molecule has 144 valence electrons. The number of carbonyl (C=O) groups excluding carboxylic acids is 2. The van der Waals surface area contributed by atoms with Crippen LogP contribution in [0.3, 0.4) is 0 Å². The number of esters is 1. The van der Waals surface area contributed by atoms with Gasteiger partial charge in [0.1, 0.15) is 11.5 Å². The van der Waals surface area contributed by atoms with Crippen LogP contribution in [0.2, 0.25) is 15.1 Å². The fourth-order valence-corrected chi connectivity index (χ4v) is 3.52. The molecular weight excluding hydrogens is 435 g/mol. The summed E-state index contributed by atoms with van der Waals surface area (Å²) in [7, 11) is 0. The van der Waals surface area contributed by atoms with Crippen molar-refractivity contribution in [2.75, 3.05) is 0 Å². The van der Waals surface area contributed by atoms with Crippen molar-refractivity contribution in [2.24, 2.45) is 0 Å². The fourth-order valence-electron chi connectivity index (χ4n) is 2.80. The number of halogens is 3. The van der Waals surface area contributed by atoms with E-state index in [4.69, 9.17) is 44.3 Å². The minimum absolute atomic E-state index is 0.0737. The van der Waals surface area contributed by atoms with Crippen LogP contribution in [-0.4, -0.2) is 11.8 Å². The van der Waals surface area contributed by atoms with Crippen LogP contribution in [0, 0.1) is 0 Å². The lowest BCUT2D eigenvalue weighted by molar-refractivity contribution is 0.0734. The molecule has 0 atom stereocenters. The maximum atomic E-state index is 12.6. The Balaban J connectivity index is 1.60. The third-order valence-electron chi connectivity index (χ3n) is 4.22. The van der Waals surface area contributed by atoms with E-state index in [0.29, 0.717) is 21.2 Å². The molecule has 0 unspecified atom stereocenters. The number of hydrogen-bond donors (Lipinski definition) is 0. The Morgan fingerprint density at radius 2 is 1.59 bits per heavy atom. The van der Waals surface area contributed by atoms with Gasteiger partial charge in [-0.1, -0.05) is 53.0 Å². The molecule has 29 heavy (non-hydrogen) atoms. The summed E-state index contributed by atoms with van der Waals surface area (Å²) in [6, 6.07) is 16.1. The predicted molar refractivity (Wildman–Crippen MR) is 112 cm³/mol. The number of allylic oxidation sites excluding steroid dienone is 1. The fraction of sp³-hybridized carbons (Fsp3) is 0. The second-order valence-corrected chi connectivity index (χ2v) is 7.32. The molecule has 0 spiro atoms. The Labute approximate surface area is 181 Å². The molecule has 4 rings (SSSR count). The molecule has 1 aliphatic heterocycles. The molecule has 1 heterocycles. The Hall–Kier alpha value is -2.79. The highest BCUT2D eigenvalue weighted by Gasteiger charge is 2.28. The Kier molecular flexibility index (Phi) is 5.33. The number of carbonyl (C=O) groups is 2. The first-order chi connectivity index (χ1) is 13.9. The summed E-state index contributed by atoms with van der Waals surface area (Å²) < 4.78 is 11.0. The molecule has 0 bridgehead atoms. The lowest BCUT2D eigenvalue weighted by atomic mass is 10.1. The molecule has 0 fully saturated rings. The normalized spacial score (nSPS) is 13.9. The summed E-state index contributed by atoms with van der Waals surface area (Å²) in [5.74, 6) is -0.365. The average Bonchev–Trinajstić information content (AvgIpc) is 3.00. The van der Waals surface area contributed by atoms with E-state index in [1.165, 1.54) is 24.3 Å². The number of ether oxygens (including phenoxy) is 2. The van der Waals surface area contributed by atoms with E-state index >= 15 is 0 Å². The second-order valence-electron chi connectivity index (χ2n) is 6.10. The van der Waals surface area contributed by atoms with Crippen molar-refractivity contribution >= 4 is 52.6 Å². The maximum absolute atomic E-state index is 12.6. The SMILES string of the molecule is O=C(Oc1ccc2c(c1)O/C(=C\c1c(Cl)cccc1Cl)C2=O)c1ccccc1Cl. The van der Waals surface area contributed by atoms with Crippen molar-refractivity contribution in [3.63, 3.8) is 0 Å². The van der Waals surface area contributed by atoms with Gasteiger partial charge in [-0.15, -0.1) is 0 Å². The van der Waals surface area contributed by atoms with Crippen molar-refractivity contribution in [3.05, 3.63) is 98.2 Å². The first-order valence-corrected chi connectivity index (χ1v) is 9.56. The second kappa shape index (κ2) is 7.91. The minimum Gasteiger partial charge on any atom is -0.452 e. The first-order valence-electron chi connectivity index (χ1n) is 8.43. The van der Waals surface area contributed by atoms with Crippen molar-refractivity contribution in [1.29, 1.82) is 0 Å². The standard InChI is InChI=1S/C22H11Cl3O4/c23-16-5-2-1-4-13(16)22(27)28-12-8-9-14-19(10-12)29-20(21(14)26)11-15-17(24)6-3-7-18(15)25/h1-11H/b20-11-. The van der Waals surface area contributed by atoms with E-state index in [1.807, 2.05) is 0 Å². The summed E-state index contributed by atoms with van der Waals surface area (Å²) in [5, 5.41) is 1.07. The van der Waals surface area contributed by atoms with Crippen molar-refractivity contribution in [3.8, 4) is 11.5 Å². The molecule has 3 aromatic rings. The van der Waals surface area contributed by atoms with Crippen LogP contribution in [0.5, 0.6) is 11.5 Å². The van der Waals surface area contributed by atoms with Crippen LogP contribution in [0.25, 0.3) is 6.08 Å². The molecule has 3 aromatic carbocycles. The van der Waals surface area contributed by atoms with E-state index < -0.39 is 5.97 Å². The monoisotopic (exact) mass is 444 g/mol. The summed E-state index contributed by atoms with van der Waals surface area (Å²) >= 11 is 18.3. The Morgan fingerprint density at radius 1 is 0.897 bits per heavy atom. The zero-order valence-corrected chi connectivity index (χ0v) is 16.9. The number of ketones is 1. The van der Waals surface area contributed by atoms with Gasteiger partial charge in [-0.3, -0.25) is 4.79 Å². The zero-order valence-electron chi connectivity index (χ0n) is 14.6. The van der Waals surface area contributed by atoms with E-state index in [2.05, 4.69) is 0 Å². The predicted octanol–water partition coefficient (Wildman–Crippen LogP) is 6.48. The number of rotatable bonds is 3. The van der Waals surface area contributed by atoms with E-state index in [1.54, 1.807) is 42.5 Å². The topological polar surface area (TPSA) is 52.6 Å². The van der Waals surface area contributed by atoms with Gasteiger partial charge in [-0.05, 0) is 42.5 Å². The lowest BCUT2D eigenvalue weighted by Crippen LogP contribution is -2.09. The van der Waals surface area contributed by atoms with Crippen LogP contribution in [0.15, 0.2) is 66.4 Å². The van der Waals surface area contributed by atoms with Crippen molar-refractivity contribution in [1.82, 2.24) is 0 Å². The molecule has 0 aliphatic carbocycles. The van der Waals surface area contributed by atoms with Gasteiger partial charge in [0.2, 0.25) is 5.78 Å². The molecule has 0 aromatic heterocycles. The van der Waals surface area contributed by atoms with Crippen molar-refractivity contribution < 1.29 is 19.1 Å². The van der Waals surface area contributed by atoms with Gasteiger partial charge in [0, 0.05) is 21.7 Å². The average molecular weight is 446 g/mol.